The summed E-state index contributed by atoms with van der Waals surface area (Å²) in [5.41, 5.74) is 0.684. The van der Waals surface area contributed by atoms with Gasteiger partial charge in [-0.3, -0.25) is 0 Å². The Hall–Kier alpha value is -0.550. The van der Waals surface area contributed by atoms with Crippen molar-refractivity contribution in [2.24, 2.45) is 0 Å². The van der Waals surface area contributed by atoms with Gasteiger partial charge in [0.1, 0.15) is 11.5 Å². The van der Waals surface area contributed by atoms with Crippen molar-refractivity contribution in [1.29, 1.82) is 0 Å². The minimum absolute atomic E-state index is 0.487. The Bertz CT molecular complexity index is 600. The van der Waals surface area contributed by atoms with Crippen molar-refractivity contribution in [2.45, 2.75) is 13.0 Å². The van der Waals surface area contributed by atoms with Gasteiger partial charge in [-0.2, -0.15) is 0 Å². The molecule has 2 nitrogen and oxygen atoms in total. The Morgan fingerprint density at radius 2 is 1.89 bits per heavy atom. The minimum Gasteiger partial charge on any atom is -0.456 e. The van der Waals surface area contributed by atoms with Crippen LogP contribution in [0.1, 0.15) is 18.6 Å². The number of halogens is 3. The highest BCUT2D eigenvalue weighted by molar-refractivity contribution is 9.11. The number of ether oxygens (including phenoxy) is 1. The SMILES string of the molecule is CC(O)c1ccc(Oc2ccc(Br)cc2Br)cc1Cl. The van der Waals surface area contributed by atoms with Crippen LogP contribution in [0.2, 0.25) is 5.02 Å². The third-order valence-corrected chi connectivity index (χ3v) is 3.98. The van der Waals surface area contributed by atoms with Gasteiger partial charge in [0.15, 0.2) is 0 Å². The zero-order valence-corrected chi connectivity index (χ0v) is 14.0. The second-order valence-electron chi connectivity index (χ2n) is 4.04. The fourth-order valence-corrected chi connectivity index (χ4v) is 3.05. The summed E-state index contributed by atoms with van der Waals surface area (Å²) in [5, 5.41) is 10.0. The average Bonchev–Trinajstić information content (AvgIpc) is 2.32. The van der Waals surface area contributed by atoms with Gasteiger partial charge in [0.2, 0.25) is 0 Å². The number of hydrogen-bond acceptors (Lipinski definition) is 2. The molecular weight excluding hydrogens is 395 g/mol. The molecule has 5 heteroatoms. The molecule has 1 atom stereocenters. The van der Waals surface area contributed by atoms with Crippen molar-refractivity contribution >= 4 is 43.5 Å². The number of rotatable bonds is 3. The predicted octanol–water partition coefficient (Wildman–Crippen LogP) is 5.71. The van der Waals surface area contributed by atoms with E-state index in [-0.39, 0.29) is 0 Å². The highest BCUT2D eigenvalue weighted by Crippen LogP contribution is 2.34. The monoisotopic (exact) mass is 404 g/mol. The molecule has 0 bridgehead atoms. The van der Waals surface area contributed by atoms with Crippen LogP contribution in [0.3, 0.4) is 0 Å². The van der Waals surface area contributed by atoms with Crippen LogP contribution in [0, 0.1) is 0 Å². The molecule has 0 amide bonds. The summed E-state index contributed by atoms with van der Waals surface area (Å²) in [6.45, 7) is 1.67. The molecule has 2 rings (SSSR count). The second-order valence-corrected chi connectivity index (χ2v) is 6.21. The van der Waals surface area contributed by atoms with Gasteiger partial charge < -0.3 is 9.84 Å². The molecule has 0 aliphatic rings. The molecule has 1 N–H and O–H groups in total. The van der Waals surface area contributed by atoms with Gasteiger partial charge >= 0.3 is 0 Å². The van der Waals surface area contributed by atoms with Crippen molar-refractivity contribution in [1.82, 2.24) is 0 Å². The highest BCUT2D eigenvalue weighted by Gasteiger charge is 2.09. The van der Waals surface area contributed by atoms with E-state index in [9.17, 15) is 5.11 Å². The first-order chi connectivity index (χ1) is 8.97. The molecular formula is C14H11Br2ClO2. The standard InChI is InChI=1S/C14H11Br2ClO2/c1-8(18)11-4-3-10(7-13(11)17)19-14-5-2-9(15)6-12(14)16/h2-8,18H,1H3. The summed E-state index contributed by atoms with van der Waals surface area (Å²) >= 11 is 12.9. The molecule has 100 valence electrons. The van der Waals surface area contributed by atoms with Crippen molar-refractivity contribution < 1.29 is 9.84 Å². The third-order valence-electron chi connectivity index (χ3n) is 2.54. The number of benzene rings is 2. The number of aliphatic hydroxyl groups excluding tert-OH is 1. The smallest absolute Gasteiger partial charge is 0.141 e. The van der Waals surface area contributed by atoms with Gasteiger partial charge in [0.25, 0.3) is 0 Å². The lowest BCUT2D eigenvalue weighted by atomic mass is 10.1. The average molecular weight is 407 g/mol. The molecule has 0 aromatic heterocycles. The second kappa shape index (κ2) is 6.27. The normalized spacial score (nSPS) is 12.3. The lowest BCUT2D eigenvalue weighted by molar-refractivity contribution is 0.199. The predicted molar refractivity (Wildman–Crippen MR) is 84.0 cm³/mol. The zero-order valence-electron chi connectivity index (χ0n) is 10.0. The molecule has 0 saturated heterocycles. The maximum Gasteiger partial charge on any atom is 0.141 e. The molecule has 1 unspecified atom stereocenters. The lowest BCUT2D eigenvalue weighted by Gasteiger charge is -2.11. The molecule has 2 aromatic rings. The van der Waals surface area contributed by atoms with Crippen molar-refractivity contribution in [3.63, 3.8) is 0 Å². The Morgan fingerprint density at radius 1 is 1.16 bits per heavy atom. The van der Waals surface area contributed by atoms with E-state index in [0.717, 1.165) is 8.95 Å². The van der Waals surface area contributed by atoms with Crippen LogP contribution in [0.5, 0.6) is 11.5 Å². The van der Waals surface area contributed by atoms with Crippen LogP contribution in [0.4, 0.5) is 0 Å². The Kier molecular flexibility index (Phi) is 4.90. The zero-order chi connectivity index (χ0) is 14.0. The topological polar surface area (TPSA) is 29.5 Å². The molecule has 0 saturated carbocycles. The Labute approximate surface area is 133 Å². The maximum atomic E-state index is 9.52. The van der Waals surface area contributed by atoms with Gasteiger partial charge in [-0.1, -0.05) is 33.6 Å². The fourth-order valence-electron chi connectivity index (χ4n) is 1.60. The molecule has 2 aromatic carbocycles. The largest absolute Gasteiger partial charge is 0.456 e. The van der Waals surface area contributed by atoms with E-state index in [0.29, 0.717) is 22.1 Å². The first-order valence-electron chi connectivity index (χ1n) is 5.58. The molecule has 0 heterocycles. The van der Waals surface area contributed by atoms with E-state index in [4.69, 9.17) is 16.3 Å². The Morgan fingerprint density at radius 3 is 2.47 bits per heavy atom. The van der Waals surface area contributed by atoms with Crippen LogP contribution in [0.25, 0.3) is 0 Å². The van der Waals surface area contributed by atoms with Crippen LogP contribution in [0.15, 0.2) is 45.3 Å². The maximum absolute atomic E-state index is 9.52. The minimum atomic E-state index is -0.596. The summed E-state index contributed by atoms with van der Waals surface area (Å²) in [5.74, 6) is 1.32. The van der Waals surface area contributed by atoms with Crippen LogP contribution in [-0.2, 0) is 0 Å². The van der Waals surface area contributed by atoms with Crippen LogP contribution < -0.4 is 4.74 Å². The first kappa shape index (κ1) is 14.9. The van der Waals surface area contributed by atoms with Gasteiger partial charge in [0.05, 0.1) is 15.6 Å². The van der Waals surface area contributed by atoms with E-state index in [2.05, 4.69) is 31.9 Å². The summed E-state index contributed by atoms with van der Waals surface area (Å²) < 4.78 is 7.56. The third kappa shape index (κ3) is 3.72. The van der Waals surface area contributed by atoms with Crippen LogP contribution in [-0.4, -0.2) is 5.11 Å². The summed E-state index contributed by atoms with van der Waals surface area (Å²) in [6.07, 6.45) is -0.596. The van der Waals surface area contributed by atoms with Gasteiger partial charge in [0, 0.05) is 4.47 Å². The molecule has 0 spiro atoms. The molecule has 0 radical (unpaired) electrons. The van der Waals surface area contributed by atoms with E-state index < -0.39 is 6.10 Å². The number of aliphatic hydroxyl groups is 1. The fraction of sp³-hybridized carbons (Fsp3) is 0.143. The van der Waals surface area contributed by atoms with Gasteiger partial charge in [-0.15, -0.1) is 0 Å². The summed E-state index contributed by atoms with van der Waals surface area (Å²) in [7, 11) is 0. The van der Waals surface area contributed by atoms with Crippen LogP contribution >= 0.6 is 43.5 Å². The van der Waals surface area contributed by atoms with E-state index in [1.807, 2.05) is 18.2 Å². The van der Waals surface area contributed by atoms with E-state index >= 15 is 0 Å². The molecule has 0 fully saturated rings. The summed E-state index contributed by atoms with van der Waals surface area (Å²) in [4.78, 5) is 0. The van der Waals surface area contributed by atoms with Crippen molar-refractivity contribution in [2.75, 3.05) is 0 Å². The molecule has 19 heavy (non-hydrogen) atoms. The molecule has 0 aliphatic carbocycles. The van der Waals surface area contributed by atoms with E-state index in [1.165, 1.54) is 0 Å². The highest BCUT2D eigenvalue weighted by atomic mass is 79.9. The molecule has 0 aliphatic heterocycles. The number of hydrogen-bond donors (Lipinski definition) is 1. The van der Waals surface area contributed by atoms with Gasteiger partial charge in [-0.05, 0) is 58.7 Å². The van der Waals surface area contributed by atoms with Gasteiger partial charge in [-0.25, -0.2) is 0 Å². The first-order valence-corrected chi connectivity index (χ1v) is 7.54. The summed E-state index contributed by atoms with van der Waals surface area (Å²) in [6, 6.07) is 10.9. The van der Waals surface area contributed by atoms with E-state index in [1.54, 1.807) is 25.1 Å². The Balaban J connectivity index is 2.26. The quantitative estimate of drug-likeness (QED) is 0.707. The van der Waals surface area contributed by atoms with Crippen molar-refractivity contribution in [3.05, 3.63) is 55.9 Å². The lowest BCUT2D eigenvalue weighted by Crippen LogP contribution is -1.93. The van der Waals surface area contributed by atoms with Crippen molar-refractivity contribution in [3.8, 4) is 11.5 Å².